The molecule has 0 saturated heterocycles. The quantitative estimate of drug-likeness (QED) is 0.882. The lowest BCUT2D eigenvalue weighted by atomic mass is 9.93. The van der Waals surface area contributed by atoms with Crippen molar-refractivity contribution in [2.24, 2.45) is 13.0 Å². The standard InChI is InChI=1S/C17H20N4O/c1-21-12-16(11-20-21)15-7-13(8-18-10-15)9-19-17(22)14-5-3-2-4-6-14/h2-3,7-8,10-12,14H,4-6,9H2,1H3,(H,19,22)/t14-/m1/s1. The van der Waals surface area contributed by atoms with Crippen LogP contribution in [0.3, 0.4) is 0 Å². The van der Waals surface area contributed by atoms with E-state index in [9.17, 15) is 4.79 Å². The zero-order valence-electron chi connectivity index (χ0n) is 12.7. The Morgan fingerprint density at radius 2 is 2.23 bits per heavy atom. The Bertz CT molecular complexity index is 689. The average Bonchev–Trinajstić information content (AvgIpc) is 3.00. The second kappa shape index (κ2) is 6.56. The molecule has 22 heavy (non-hydrogen) atoms. The molecule has 2 heterocycles. The molecule has 0 radical (unpaired) electrons. The molecule has 0 aliphatic heterocycles. The average molecular weight is 296 g/mol. The van der Waals surface area contributed by atoms with Crippen molar-refractivity contribution in [3.8, 4) is 11.1 Å². The van der Waals surface area contributed by atoms with Gasteiger partial charge in [-0.15, -0.1) is 0 Å². The first-order chi connectivity index (χ1) is 10.7. The van der Waals surface area contributed by atoms with Crippen molar-refractivity contribution >= 4 is 5.91 Å². The van der Waals surface area contributed by atoms with Crippen molar-refractivity contribution in [2.45, 2.75) is 25.8 Å². The molecule has 1 aliphatic carbocycles. The minimum Gasteiger partial charge on any atom is -0.352 e. The predicted molar refractivity (Wildman–Crippen MR) is 84.8 cm³/mol. The van der Waals surface area contributed by atoms with Crippen molar-refractivity contribution in [3.63, 3.8) is 0 Å². The monoisotopic (exact) mass is 296 g/mol. The molecule has 3 rings (SSSR count). The normalized spacial score (nSPS) is 17.4. The van der Waals surface area contributed by atoms with Gasteiger partial charge in [0, 0.05) is 49.2 Å². The lowest BCUT2D eigenvalue weighted by molar-refractivity contribution is -0.125. The molecular weight excluding hydrogens is 276 g/mol. The van der Waals surface area contributed by atoms with Crippen molar-refractivity contribution in [2.75, 3.05) is 0 Å². The maximum Gasteiger partial charge on any atom is 0.223 e. The highest BCUT2D eigenvalue weighted by Crippen LogP contribution is 2.20. The molecule has 0 unspecified atom stereocenters. The number of hydrogen-bond donors (Lipinski definition) is 1. The molecule has 1 aliphatic rings. The van der Waals surface area contributed by atoms with Gasteiger partial charge in [0.1, 0.15) is 0 Å². The molecule has 5 nitrogen and oxygen atoms in total. The van der Waals surface area contributed by atoms with Crippen molar-refractivity contribution in [3.05, 3.63) is 48.6 Å². The summed E-state index contributed by atoms with van der Waals surface area (Å²) < 4.78 is 1.76. The highest BCUT2D eigenvalue weighted by molar-refractivity contribution is 5.79. The van der Waals surface area contributed by atoms with Crippen molar-refractivity contribution in [1.29, 1.82) is 0 Å². The Labute approximate surface area is 130 Å². The Hall–Kier alpha value is -2.43. The van der Waals surface area contributed by atoms with Crippen molar-refractivity contribution < 1.29 is 4.79 Å². The van der Waals surface area contributed by atoms with E-state index in [-0.39, 0.29) is 11.8 Å². The van der Waals surface area contributed by atoms with Crippen LogP contribution in [0.25, 0.3) is 11.1 Å². The predicted octanol–water partition coefficient (Wildman–Crippen LogP) is 2.45. The van der Waals surface area contributed by atoms with E-state index in [0.717, 1.165) is 36.0 Å². The number of carbonyl (C=O) groups is 1. The van der Waals surface area contributed by atoms with E-state index >= 15 is 0 Å². The van der Waals surface area contributed by atoms with E-state index < -0.39 is 0 Å². The topological polar surface area (TPSA) is 59.8 Å². The summed E-state index contributed by atoms with van der Waals surface area (Å²) in [6.07, 6.45) is 14.4. The summed E-state index contributed by atoms with van der Waals surface area (Å²) in [6, 6.07) is 2.05. The van der Waals surface area contributed by atoms with Crippen LogP contribution in [0.5, 0.6) is 0 Å². The van der Waals surface area contributed by atoms with E-state index in [1.807, 2.05) is 31.7 Å². The fraction of sp³-hybridized carbons (Fsp3) is 0.353. The minimum atomic E-state index is 0.111. The Morgan fingerprint density at radius 3 is 2.95 bits per heavy atom. The molecule has 114 valence electrons. The number of pyridine rings is 1. The third-order valence-corrected chi connectivity index (χ3v) is 3.94. The second-order valence-electron chi connectivity index (χ2n) is 5.68. The van der Waals surface area contributed by atoms with E-state index in [1.165, 1.54) is 0 Å². The van der Waals surface area contributed by atoms with Crippen LogP contribution in [0.15, 0.2) is 43.0 Å². The molecule has 0 bridgehead atoms. The van der Waals surface area contributed by atoms with Gasteiger partial charge in [0.05, 0.1) is 6.20 Å². The summed E-state index contributed by atoms with van der Waals surface area (Å²) in [5, 5.41) is 7.19. The van der Waals surface area contributed by atoms with E-state index in [0.29, 0.717) is 6.54 Å². The van der Waals surface area contributed by atoms with Crippen LogP contribution < -0.4 is 5.32 Å². The van der Waals surface area contributed by atoms with Crippen molar-refractivity contribution in [1.82, 2.24) is 20.1 Å². The SMILES string of the molecule is Cn1cc(-c2cncc(CNC(=O)[C@@H]3CC=CCC3)c2)cn1. The van der Waals surface area contributed by atoms with Gasteiger partial charge in [-0.1, -0.05) is 12.2 Å². The summed E-state index contributed by atoms with van der Waals surface area (Å²) in [7, 11) is 1.89. The fourth-order valence-corrected chi connectivity index (χ4v) is 2.68. The highest BCUT2D eigenvalue weighted by Gasteiger charge is 2.18. The maximum atomic E-state index is 12.2. The first-order valence-corrected chi connectivity index (χ1v) is 7.58. The molecule has 2 aromatic rings. The fourth-order valence-electron chi connectivity index (χ4n) is 2.68. The third kappa shape index (κ3) is 3.42. The number of aromatic nitrogens is 3. The molecule has 0 fully saturated rings. The number of carbonyl (C=O) groups excluding carboxylic acids is 1. The molecule has 0 saturated carbocycles. The zero-order valence-corrected chi connectivity index (χ0v) is 12.7. The van der Waals surface area contributed by atoms with Crippen LogP contribution in [-0.4, -0.2) is 20.7 Å². The number of aryl methyl sites for hydroxylation is 1. The van der Waals surface area contributed by atoms with Crippen LogP contribution >= 0.6 is 0 Å². The van der Waals surface area contributed by atoms with Crippen LogP contribution in [0.1, 0.15) is 24.8 Å². The lowest BCUT2D eigenvalue weighted by Crippen LogP contribution is -2.30. The number of allylic oxidation sites excluding steroid dienone is 2. The van der Waals surface area contributed by atoms with Gasteiger partial charge in [0.25, 0.3) is 0 Å². The summed E-state index contributed by atoms with van der Waals surface area (Å²) >= 11 is 0. The summed E-state index contributed by atoms with van der Waals surface area (Å²) in [5.74, 6) is 0.246. The minimum absolute atomic E-state index is 0.111. The highest BCUT2D eigenvalue weighted by atomic mass is 16.1. The smallest absolute Gasteiger partial charge is 0.223 e. The summed E-state index contributed by atoms with van der Waals surface area (Å²) in [6.45, 7) is 0.514. The number of amides is 1. The van der Waals surface area contributed by atoms with Gasteiger partial charge in [-0.05, 0) is 30.9 Å². The van der Waals surface area contributed by atoms with E-state index in [2.05, 4.69) is 27.6 Å². The summed E-state index contributed by atoms with van der Waals surface area (Å²) in [5.41, 5.74) is 3.04. The Kier molecular flexibility index (Phi) is 4.32. The first-order valence-electron chi connectivity index (χ1n) is 7.58. The number of hydrogen-bond acceptors (Lipinski definition) is 3. The molecule has 0 aromatic carbocycles. The summed E-state index contributed by atoms with van der Waals surface area (Å²) in [4.78, 5) is 16.4. The van der Waals surface area contributed by atoms with Gasteiger partial charge in [0.2, 0.25) is 5.91 Å². The van der Waals surface area contributed by atoms with E-state index in [1.54, 1.807) is 10.9 Å². The largest absolute Gasteiger partial charge is 0.352 e. The molecule has 0 spiro atoms. The Morgan fingerprint density at radius 1 is 1.32 bits per heavy atom. The molecule has 2 aromatic heterocycles. The first kappa shape index (κ1) is 14.5. The second-order valence-corrected chi connectivity index (χ2v) is 5.68. The number of nitrogens with one attached hydrogen (secondary N) is 1. The maximum absolute atomic E-state index is 12.2. The van der Waals surface area contributed by atoms with Gasteiger partial charge in [-0.3, -0.25) is 14.5 Å². The zero-order chi connectivity index (χ0) is 15.4. The van der Waals surface area contributed by atoms with Gasteiger partial charge in [-0.2, -0.15) is 5.10 Å². The number of nitrogens with zero attached hydrogens (tertiary/aromatic N) is 3. The lowest BCUT2D eigenvalue weighted by Gasteiger charge is -2.17. The van der Waals surface area contributed by atoms with Crippen LogP contribution in [0.4, 0.5) is 0 Å². The van der Waals surface area contributed by atoms with Crippen LogP contribution in [-0.2, 0) is 18.4 Å². The van der Waals surface area contributed by atoms with Crippen LogP contribution in [0, 0.1) is 5.92 Å². The molecule has 1 amide bonds. The molecular formula is C17H20N4O. The van der Waals surface area contributed by atoms with Gasteiger partial charge in [0.15, 0.2) is 0 Å². The Balaban J connectivity index is 1.63. The third-order valence-electron chi connectivity index (χ3n) is 3.94. The van der Waals surface area contributed by atoms with Gasteiger partial charge in [-0.25, -0.2) is 0 Å². The van der Waals surface area contributed by atoms with E-state index in [4.69, 9.17) is 0 Å². The molecule has 1 atom stereocenters. The number of rotatable bonds is 4. The molecule has 1 N–H and O–H groups in total. The molecule has 5 heteroatoms. The van der Waals surface area contributed by atoms with Gasteiger partial charge < -0.3 is 5.32 Å². The van der Waals surface area contributed by atoms with Crippen LogP contribution in [0.2, 0.25) is 0 Å². The van der Waals surface area contributed by atoms with Gasteiger partial charge >= 0.3 is 0 Å².